The summed E-state index contributed by atoms with van der Waals surface area (Å²) in [6.07, 6.45) is 0. The summed E-state index contributed by atoms with van der Waals surface area (Å²) in [7, 11) is 1.66. The van der Waals surface area contributed by atoms with Gasteiger partial charge in [0.15, 0.2) is 0 Å². The molecule has 4 aromatic rings. The van der Waals surface area contributed by atoms with Crippen LogP contribution in [-0.2, 0) is 11.3 Å². The van der Waals surface area contributed by atoms with Crippen LogP contribution >= 0.6 is 11.3 Å². The summed E-state index contributed by atoms with van der Waals surface area (Å²) in [6, 6.07) is 20.5. The number of ether oxygens (including phenoxy) is 1. The van der Waals surface area contributed by atoms with E-state index in [0.717, 1.165) is 37.6 Å². The van der Waals surface area contributed by atoms with E-state index in [1.807, 2.05) is 50.2 Å². The molecule has 2 aromatic carbocycles. The quantitative estimate of drug-likeness (QED) is 0.459. The van der Waals surface area contributed by atoms with Gasteiger partial charge in [-0.15, -0.1) is 11.3 Å². The lowest BCUT2D eigenvalue weighted by Gasteiger charge is -2.22. The minimum Gasteiger partial charge on any atom is -0.383 e. The molecule has 0 aliphatic rings. The van der Waals surface area contributed by atoms with Gasteiger partial charge in [0.2, 0.25) is 0 Å². The highest BCUT2D eigenvalue weighted by molar-refractivity contribution is 7.18. The lowest BCUT2D eigenvalue weighted by molar-refractivity contribution is 0.185. The first-order valence-electron chi connectivity index (χ1n) is 9.71. The minimum absolute atomic E-state index is 0.0146. The molecule has 2 heterocycles. The summed E-state index contributed by atoms with van der Waals surface area (Å²) in [4.78, 5) is 20.5. The molecule has 5 heteroatoms. The molecule has 0 atom stereocenters. The normalized spacial score (nSPS) is 11.4. The molecule has 29 heavy (non-hydrogen) atoms. The van der Waals surface area contributed by atoms with E-state index >= 15 is 0 Å². The summed E-state index contributed by atoms with van der Waals surface area (Å²) < 4.78 is 7.11. The molecule has 0 radical (unpaired) electrons. The van der Waals surface area contributed by atoms with Gasteiger partial charge in [-0.3, -0.25) is 9.36 Å². The molecule has 2 aromatic heterocycles. The molecule has 0 saturated heterocycles. The highest BCUT2D eigenvalue weighted by Crippen LogP contribution is 2.33. The molecule has 0 saturated carbocycles. The predicted octanol–water partition coefficient (Wildman–Crippen LogP) is 4.90. The maximum Gasteiger partial charge on any atom is 0.262 e. The zero-order valence-electron chi connectivity index (χ0n) is 16.9. The molecular formula is C24H24N2O2S. The van der Waals surface area contributed by atoms with Crippen LogP contribution in [0.1, 0.15) is 33.3 Å². The molecule has 4 rings (SSSR count). The van der Waals surface area contributed by atoms with Gasteiger partial charge in [-0.1, -0.05) is 60.7 Å². The van der Waals surface area contributed by atoms with Gasteiger partial charge in [0.05, 0.1) is 24.5 Å². The number of fused-ring (bicyclic) bond motifs is 1. The lowest BCUT2D eigenvalue weighted by atomic mass is 9.90. The Morgan fingerprint density at radius 1 is 1.00 bits per heavy atom. The fourth-order valence-electron chi connectivity index (χ4n) is 3.74. The van der Waals surface area contributed by atoms with Gasteiger partial charge in [0.25, 0.3) is 5.56 Å². The number of rotatable bonds is 6. The van der Waals surface area contributed by atoms with Gasteiger partial charge < -0.3 is 4.74 Å². The maximum atomic E-state index is 13.5. The molecule has 0 N–H and O–H groups in total. The number of aromatic nitrogens is 2. The van der Waals surface area contributed by atoms with E-state index in [1.165, 1.54) is 0 Å². The Labute approximate surface area is 174 Å². The average Bonchev–Trinajstić information content (AvgIpc) is 3.03. The summed E-state index contributed by atoms with van der Waals surface area (Å²) in [6.45, 7) is 4.98. The molecular weight excluding hydrogens is 380 g/mol. The zero-order chi connectivity index (χ0) is 20.4. The van der Waals surface area contributed by atoms with E-state index in [9.17, 15) is 4.79 Å². The smallest absolute Gasteiger partial charge is 0.262 e. The van der Waals surface area contributed by atoms with E-state index in [1.54, 1.807) is 23.0 Å². The number of benzene rings is 2. The fourth-order valence-corrected chi connectivity index (χ4v) is 4.77. The standard InChI is InChI=1S/C24H24N2O2S/c1-16-17(2)29-23-20(16)24(27)26(14-15-28-3)22(25-23)21(18-10-6-4-7-11-18)19-12-8-5-9-13-19/h4-13,21H,14-15H2,1-3H3. The molecule has 0 spiro atoms. The summed E-state index contributed by atoms with van der Waals surface area (Å²) >= 11 is 1.59. The van der Waals surface area contributed by atoms with Crippen molar-refractivity contribution in [1.29, 1.82) is 0 Å². The topological polar surface area (TPSA) is 44.1 Å². The van der Waals surface area contributed by atoms with Crippen LogP contribution in [0.15, 0.2) is 65.5 Å². The Balaban J connectivity index is 2.03. The number of hydrogen-bond acceptors (Lipinski definition) is 4. The third kappa shape index (κ3) is 3.63. The highest BCUT2D eigenvalue weighted by atomic mass is 32.1. The average molecular weight is 405 g/mol. The third-order valence-corrected chi connectivity index (χ3v) is 6.46. The van der Waals surface area contributed by atoms with Gasteiger partial charge in [0, 0.05) is 12.0 Å². The Morgan fingerprint density at radius 3 is 2.14 bits per heavy atom. The SMILES string of the molecule is COCCn1c(C(c2ccccc2)c2ccccc2)nc2sc(C)c(C)c2c1=O. The van der Waals surface area contributed by atoms with Crippen molar-refractivity contribution in [2.75, 3.05) is 13.7 Å². The Morgan fingerprint density at radius 2 is 1.59 bits per heavy atom. The van der Waals surface area contributed by atoms with E-state index in [4.69, 9.17) is 9.72 Å². The number of hydrogen-bond donors (Lipinski definition) is 0. The highest BCUT2D eigenvalue weighted by Gasteiger charge is 2.25. The number of nitrogens with zero attached hydrogens (tertiary/aromatic N) is 2. The molecule has 0 fully saturated rings. The summed E-state index contributed by atoms with van der Waals surface area (Å²) in [5, 5.41) is 0.729. The summed E-state index contributed by atoms with van der Waals surface area (Å²) in [5.41, 5.74) is 3.26. The van der Waals surface area contributed by atoms with Crippen molar-refractivity contribution in [1.82, 2.24) is 9.55 Å². The van der Waals surface area contributed by atoms with Crippen LogP contribution in [-0.4, -0.2) is 23.3 Å². The molecule has 148 valence electrons. The van der Waals surface area contributed by atoms with Crippen LogP contribution in [0.5, 0.6) is 0 Å². The van der Waals surface area contributed by atoms with Crippen molar-refractivity contribution < 1.29 is 4.74 Å². The van der Waals surface area contributed by atoms with Crippen molar-refractivity contribution in [3.05, 3.63) is 98.4 Å². The largest absolute Gasteiger partial charge is 0.383 e. The van der Waals surface area contributed by atoms with E-state index in [0.29, 0.717) is 13.2 Å². The number of methoxy groups -OCH3 is 1. The second kappa shape index (κ2) is 8.31. The molecule has 0 aliphatic carbocycles. The van der Waals surface area contributed by atoms with Crippen molar-refractivity contribution in [3.63, 3.8) is 0 Å². The van der Waals surface area contributed by atoms with E-state index in [2.05, 4.69) is 24.3 Å². The van der Waals surface area contributed by atoms with Crippen LogP contribution in [0, 0.1) is 13.8 Å². The van der Waals surface area contributed by atoms with Crippen molar-refractivity contribution in [2.45, 2.75) is 26.3 Å². The Bertz CT molecular complexity index is 1140. The number of thiophene rings is 1. The molecule has 0 unspecified atom stereocenters. The predicted molar refractivity (Wildman–Crippen MR) is 119 cm³/mol. The minimum atomic E-state index is -0.130. The molecule has 0 bridgehead atoms. The van der Waals surface area contributed by atoms with Gasteiger partial charge in [-0.05, 0) is 30.5 Å². The van der Waals surface area contributed by atoms with Crippen LogP contribution in [0.4, 0.5) is 0 Å². The van der Waals surface area contributed by atoms with Gasteiger partial charge in [-0.2, -0.15) is 0 Å². The Kier molecular flexibility index (Phi) is 5.60. The van der Waals surface area contributed by atoms with Crippen molar-refractivity contribution in [2.24, 2.45) is 0 Å². The number of aryl methyl sites for hydroxylation is 2. The first kappa shape index (κ1) is 19.6. The van der Waals surface area contributed by atoms with E-state index < -0.39 is 0 Å². The van der Waals surface area contributed by atoms with E-state index in [-0.39, 0.29) is 11.5 Å². The third-order valence-electron chi connectivity index (χ3n) is 5.36. The van der Waals surface area contributed by atoms with Crippen LogP contribution in [0.2, 0.25) is 0 Å². The molecule has 4 nitrogen and oxygen atoms in total. The first-order valence-corrected chi connectivity index (χ1v) is 10.5. The monoisotopic (exact) mass is 404 g/mol. The van der Waals surface area contributed by atoms with Crippen molar-refractivity contribution >= 4 is 21.6 Å². The maximum absolute atomic E-state index is 13.5. The lowest BCUT2D eigenvalue weighted by Crippen LogP contribution is -2.29. The zero-order valence-corrected chi connectivity index (χ0v) is 17.7. The van der Waals surface area contributed by atoms with Gasteiger partial charge in [-0.25, -0.2) is 4.98 Å². The van der Waals surface area contributed by atoms with Crippen LogP contribution in [0.3, 0.4) is 0 Å². The van der Waals surface area contributed by atoms with Crippen LogP contribution < -0.4 is 5.56 Å². The van der Waals surface area contributed by atoms with Crippen LogP contribution in [0.25, 0.3) is 10.2 Å². The molecule has 0 amide bonds. The van der Waals surface area contributed by atoms with Gasteiger partial charge in [0.1, 0.15) is 10.7 Å². The second-order valence-corrected chi connectivity index (χ2v) is 8.34. The van der Waals surface area contributed by atoms with Crippen molar-refractivity contribution in [3.8, 4) is 0 Å². The fraction of sp³-hybridized carbons (Fsp3) is 0.250. The molecule has 0 aliphatic heterocycles. The first-order chi connectivity index (χ1) is 14.1. The Hall–Kier alpha value is -2.76. The van der Waals surface area contributed by atoms with Gasteiger partial charge >= 0.3 is 0 Å². The second-order valence-electron chi connectivity index (χ2n) is 7.14. The summed E-state index contributed by atoms with van der Waals surface area (Å²) in [5.74, 6) is 0.632.